The minimum atomic E-state index is -0.0511. The highest BCUT2D eigenvalue weighted by molar-refractivity contribution is 5.97. The second kappa shape index (κ2) is 5.02. The monoisotopic (exact) mass is 286 g/mol. The van der Waals surface area contributed by atoms with Crippen LogP contribution in [0.25, 0.3) is 0 Å². The van der Waals surface area contributed by atoms with Gasteiger partial charge in [-0.2, -0.15) is 0 Å². The van der Waals surface area contributed by atoms with Crippen molar-refractivity contribution in [2.45, 2.75) is 31.7 Å². The SMILES string of the molecule is NC(c1ccc2c(c1)C(=O)NCCO2)C1C2CCCCC21. The highest BCUT2D eigenvalue weighted by Gasteiger charge is 2.53. The van der Waals surface area contributed by atoms with Crippen LogP contribution in [0.2, 0.25) is 0 Å². The van der Waals surface area contributed by atoms with E-state index in [9.17, 15) is 4.79 Å². The minimum absolute atomic E-state index is 0.0511. The number of amides is 1. The van der Waals surface area contributed by atoms with E-state index in [4.69, 9.17) is 10.5 Å². The largest absolute Gasteiger partial charge is 0.491 e. The average molecular weight is 286 g/mol. The second-order valence-corrected chi connectivity index (χ2v) is 6.58. The number of fused-ring (bicyclic) bond motifs is 2. The van der Waals surface area contributed by atoms with Crippen molar-refractivity contribution in [3.05, 3.63) is 29.3 Å². The summed E-state index contributed by atoms with van der Waals surface area (Å²) in [5, 5.41) is 2.86. The zero-order valence-electron chi connectivity index (χ0n) is 12.2. The lowest BCUT2D eigenvalue weighted by molar-refractivity contribution is 0.0957. The van der Waals surface area contributed by atoms with Crippen LogP contribution in [0.4, 0.5) is 0 Å². The van der Waals surface area contributed by atoms with Gasteiger partial charge >= 0.3 is 0 Å². The lowest BCUT2D eigenvalue weighted by Crippen LogP contribution is -2.24. The third-order valence-corrected chi connectivity index (χ3v) is 5.42. The molecule has 3 atom stereocenters. The molecule has 4 heteroatoms. The summed E-state index contributed by atoms with van der Waals surface area (Å²) in [6.07, 6.45) is 5.37. The van der Waals surface area contributed by atoms with E-state index < -0.39 is 0 Å². The summed E-state index contributed by atoms with van der Waals surface area (Å²) in [7, 11) is 0. The van der Waals surface area contributed by atoms with Gasteiger partial charge in [-0.25, -0.2) is 0 Å². The normalized spacial score (nSPS) is 32.0. The molecule has 0 radical (unpaired) electrons. The molecular weight excluding hydrogens is 264 g/mol. The van der Waals surface area contributed by atoms with E-state index in [1.807, 2.05) is 18.2 Å². The Morgan fingerprint density at radius 1 is 1.24 bits per heavy atom. The van der Waals surface area contributed by atoms with Gasteiger partial charge in [0.2, 0.25) is 0 Å². The summed E-state index contributed by atoms with van der Waals surface area (Å²) >= 11 is 0. The predicted molar refractivity (Wildman–Crippen MR) is 80.1 cm³/mol. The number of benzene rings is 1. The number of hydrogen-bond acceptors (Lipinski definition) is 3. The standard InChI is InChI=1S/C17H22N2O2/c18-16(15-11-3-1-2-4-12(11)15)10-5-6-14-13(9-10)17(20)19-7-8-21-14/h5-6,9,11-12,15-16H,1-4,7-8,18H2,(H,19,20). The van der Waals surface area contributed by atoms with E-state index in [-0.39, 0.29) is 11.9 Å². The molecule has 1 aliphatic heterocycles. The smallest absolute Gasteiger partial charge is 0.255 e. The minimum Gasteiger partial charge on any atom is -0.491 e. The first-order valence-corrected chi connectivity index (χ1v) is 8.06. The van der Waals surface area contributed by atoms with Crippen LogP contribution in [0.5, 0.6) is 5.75 Å². The van der Waals surface area contributed by atoms with Gasteiger partial charge in [-0.1, -0.05) is 18.9 Å². The molecule has 0 bridgehead atoms. The highest BCUT2D eigenvalue weighted by atomic mass is 16.5. The molecule has 1 amide bonds. The Morgan fingerprint density at radius 2 is 2.00 bits per heavy atom. The van der Waals surface area contributed by atoms with Gasteiger partial charge in [0, 0.05) is 6.04 Å². The van der Waals surface area contributed by atoms with Gasteiger partial charge < -0.3 is 15.8 Å². The molecule has 2 aliphatic carbocycles. The number of nitrogens with one attached hydrogen (secondary N) is 1. The van der Waals surface area contributed by atoms with Crippen LogP contribution in [0.1, 0.15) is 47.6 Å². The molecule has 0 aromatic heterocycles. The molecular formula is C17H22N2O2. The molecule has 4 nitrogen and oxygen atoms in total. The summed E-state index contributed by atoms with van der Waals surface area (Å²) < 4.78 is 5.60. The van der Waals surface area contributed by atoms with Gasteiger partial charge in [0.15, 0.2) is 0 Å². The molecule has 2 saturated carbocycles. The Kier molecular flexibility index (Phi) is 3.14. The third-order valence-electron chi connectivity index (χ3n) is 5.42. The van der Waals surface area contributed by atoms with Crippen LogP contribution in [0.15, 0.2) is 18.2 Å². The maximum Gasteiger partial charge on any atom is 0.255 e. The van der Waals surface area contributed by atoms with Gasteiger partial charge in [0.1, 0.15) is 12.4 Å². The van der Waals surface area contributed by atoms with Crippen molar-refractivity contribution in [1.29, 1.82) is 0 Å². The molecule has 0 spiro atoms. The Bertz CT molecular complexity index is 560. The number of nitrogens with two attached hydrogens (primary N) is 1. The van der Waals surface area contributed by atoms with Gasteiger partial charge in [0.25, 0.3) is 5.91 Å². The van der Waals surface area contributed by atoms with Crippen molar-refractivity contribution < 1.29 is 9.53 Å². The maximum atomic E-state index is 12.1. The van der Waals surface area contributed by atoms with Gasteiger partial charge in [-0.3, -0.25) is 4.79 Å². The number of hydrogen-bond donors (Lipinski definition) is 2. The van der Waals surface area contributed by atoms with Gasteiger partial charge in [0.05, 0.1) is 12.1 Å². The fourth-order valence-corrected chi connectivity index (χ4v) is 4.28. The van der Waals surface area contributed by atoms with E-state index >= 15 is 0 Å². The van der Waals surface area contributed by atoms with Crippen molar-refractivity contribution in [2.24, 2.45) is 23.5 Å². The summed E-state index contributed by atoms with van der Waals surface area (Å²) in [5.41, 5.74) is 8.21. The van der Waals surface area contributed by atoms with Gasteiger partial charge in [-0.15, -0.1) is 0 Å². The third kappa shape index (κ3) is 2.22. The summed E-state index contributed by atoms with van der Waals surface area (Å²) in [6, 6.07) is 5.93. The van der Waals surface area contributed by atoms with E-state index in [1.54, 1.807) is 0 Å². The van der Waals surface area contributed by atoms with Crippen molar-refractivity contribution in [3.8, 4) is 5.75 Å². The van der Waals surface area contributed by atoms with E-state index in [0.717, 1.165) is 17.4 Å². The number of carbonyl (C=O) groups excluding carboxylic acids is 1. The number of rotatable bonds is 2. The fourth-order valence-electron chi connectivity index (χ4n) is 4.28. The zero-order valence-corrected chi connectivity index (χ0v) is 12.2. The van der Waals surface area contributed by atoms with Crippen LogP contribution >= 0.6 is 0 Å². The first kappa shape index (κ1) is 13.1. The molecule has 1 heterocycles. The number of carbonyl (C=O) groups is 1. The van der Waals surface area contributed by atoms with Crippen molar-refractivity contribution in [3.63, 3.8) is 0 Å². The van der Waals surface area contributed by atoms with Crippen LogP contribution in [-0.2, 0) is 0 Å². The lowest BCUT2D eigenvalue weighted by atomic mass is 9.98. The number of ether oxygens (including phenoxy) is 1. The Balaban J connectivity index is 1.59. The highest BCUT2D eigenvalue weighted by Crippen LogP contribution is 2.59. The van der Waals surface area contributed by atoms with Crippen LogP contribution in [-0.4, -0.2) is 19.1 Å². The predicted octanol–water partition coefficient (Wildman–Crippen LogP) is 2.24. The van der Waals surface area contributed by atoms with E-state index in [2.05, 4.69) is 5.32 Å². The Hall–Kier alpha value is -1.55. The van der Waals surface area contributed by atoms with Crippen LogP contribution in [0, 0.1) is 17.8 Å². The van der Waals surface area contributed by atoms with Crippen LogP contribution in [0.3, 0.4) is 0 Å². The molecule has 21 heavy (non-hydrogen) atoms. The van der Waals surface area contributed by atoms with Crippen LogP contribution < -0.4 is 15.8 Å². The molecule has 2 fully saturated rings. The molecule has 3 aliphatic rings. The second-order valence-electron chi connectivity index (χ2n) is 6.58. The average Bonchev–Trinajstić information content (AvgIpc) is 3.27. The Morgan fingerprint density at radius 3 is 2.76 bits per heavy atom. The van der Waals surface area contributed by atoms with Crippen molar-refractivity contribution in [2.75, 3.05) is 13.2 Å². The summed E-state index contributed by atoms with van der Waals surface area (Å²) in [6.45, 7) is 1.08. The quantitative estimate of drug-likeness (QED) is 0.876. The fraction of sp³-hybridized carbons (Fsp3) is 0.588. The summed E-state index contributed by atoms with van der Waals surface area (Å²) in [4.78, 5) is 12.1. The molecule has 4 rings (SSSR count). The Labute approximate surface area is 125 Å². The van der Waals surface area contributed by atoms with Crippen molar-refractivity contribution in [1.82, 2.24) is 5.32 Å². The van der Waals surface area contributed by atoms with E-state index in [1.165, 1.54) is 25.7 Å². The first-order valence-electron chi connectivity index (χ1n) is 8.06. The van der Waals surface area contributed by atoms with E-state index in [0.29, 0.717) is 30.4 Å². The molecule has 3 N–H and O–H groups in total. The molecule has 3 unspecified atom stereocenters. The molecule has 1 aromatic rings. The topological polar surface area (TPSA) is 64.4 Å². The molecule has 0 saturated heterocycles. The maximum absolute atomic E-state index is 12.1. The zero-order chi connectivity index (χ0) is 14.4. The lowest BCUT2D eigenvalue weighted by Gasteiger charge is -2.14. The summed E-state index contributed by atoms with van der Waals surface area (Å²) in [5.74, 6) is 2.87. The molecule has 112 valence electrons. The van der Waals surface area contributed by atoms with Gasteiger partial charge in [-0.05, 0) is 48.3 Å². The molecule has 1 aromatic carbocycles. The van der Waals surface area contributed by atoms with Crippen molar-refractivity contribution >= 4 is 5.91 Å². The first-order chi connectivity index (χ1) is 10.3.